The number of hydrogen-bond donors (Lipinski definition) is 1. The summed E-state index contributed by atoms with van der Waals surface area (Å²) in [5, 5.41) is 9.83. The molecule has 1 aliphatic rings. The van der Waals surface area contributed by atoms with Crippen molar-refractivity contribution in [3.05, 3.63) is 46.1 Å². The van der Waals surface area contributed by atoms with Crippen LogP contribution in [0.1, 0.15) is 34.5 Å². The smallest absolute Gasteiger partial charge is 0.349 e. The Hall–Kier alpha value is -3.16. The van der Waals surface area contributed by atoms with Crippen LogP contribution < -0.4 is 5.32 Å². The molecule has 194 valence electrons. The summed E-state index contributed by atoms with van der Waals surface area (Å²) < 4.78 is 110. The molecule has 0 atom stereocenters. The van der Waals surface area contributed by atoms with E-state index in [4.69, 9.17) is 11.6 Å². The molecule has 3 aromatic rings. The van der Waals surface area contributed by atoms with Crippen molar-refractivity contribution in [3.8, 4) is 22.6 Å². The summed E-state index contributed by atoms with van der Waals surface area (Å²) in [6, 6.07) is 5.24. The van der Waals surface area contributed by atoms with E-state index in [0.29, 0.717) is 4.68 Å². The van der Waals surface area contributed by atoms with Crippen LogP contribution >= 0.6 is 11.6 Å². The molecular weight excluding hydrogens is 526 g/mol. The van der Waals surface area contributed by atoms with Crippen molar-refractivity contribution < 1.29 is 39.9 Å². The van der Waals surface area contributed by atoms with Gasteiger partial charge >= 0.3 is 18.3 Å². The van der Waals surface area contributed by atoms with Crippen LogP contribution in [0.5, 0.6) is 0 Å². The average Bonchev–Trinajstić information content (AvgIpc) is 3.36. The van der Waals surface area contributed by atoms with Gasteiger partial charge < -0.3 is 5.32 Å². The van der Waals surface area contributed by atoms with Crippen LogP contribution in [0.3, 0.4) is 0 Å². The molecule has 4 rings (SSSR count). The molecule has 15 heteroatoms. The quantitative estimate of drug-likeness (QED) is 0.421. The van der Waals surface area contributed by atoms with Gasteiger partial charge in [0.05, 0.1) is 27.7 Å². The number of carbonyl (C=O) groups is 1. The molecule has 1 fully saturated rings. The van der Waals surface area contributed by atoms with Crippen molar-refractivity contribution in [1.29, 1.82) is 0 Å². The van der Waals surface area contributed by atoms with E-state index in [1.807, 2.05) is 0 Å². The van der Waals surface area contributed by atoms with Gasteiger partial charge in [0, 0.05) is 25.7 Å². The van der Waals surface area contributed by atoms with Crippen LogP contribution in [0.25, 0.3) is 22.6 Å². The lowest BCUT2D eigenvalue weighted by Gasteiger charge is -2.19. The molecule has 1 aliphatic carbocycles. The zero-order valence-corrected chi connectivity index (χ0v) is 19.2. The third-order valence-electron chi connectivity index (χ3n) is 5.53. The molecule has 1 aromatic carbocycles. The zero-order valence-electron chi connectivity index (χ0n) is 18.4. The fraction of sp³-hybridized carbons (Fsp3) is 0.381. The summed E-state index contributed by atoms with van der Waals surface area (Å²) in [4.78, 5) is 12.4. The van der Waals surface area contributed by atoms with E-state index in [9.17, 15) is 39.9 Å². The molecule has 1 amide bonds. The molecular formula is C21H16ClF8N5O. The van der Waals surface area contributed by atoms with Gasteiger partial charge in [0.25, 0.3) is 5.91 Å². The minimum Gasteiger partial charge on any atom is -0.349 e. The summed E-state index contributed by atoms with van der Waals surface area (Å²) in [7, 11) is 2.00. The molecule has 1 saturated carbocycles. The van der Waals surface area contributed by atoms with Gasteiger partial charge in [-0.25, -0.2) is 0 Å². The summed E-state index contributed by atoms with van der Waals surface area (Å²) >= 11 is 6.10. The Balaban J connectivity index is 1.84. The first-order valence-electron chi connectivity index (χ1n) is 10.3. The Labute approximate surface area is 202 Å². The maximum atomic E-state index is 14.0. The first-order valence-corrected chi connectivity index (χ1v) is 10.6. The molecule has 0 aliphatic heterocycles. The summed E-state index contributed by atoms with van der Waals surface area (Å²) in [5.74, 6) is -6.33. The highest BCUT2D eigenvalue weighted by atomic mass is 35.5. The van der Waals surface area contributed by atoms with Crippen LogP contribution in [-0.2, 0) is 26.2 Å². The summed E-state index contributed by atoms with van der Waals surface area (Å²) in [5.41, 5.74) is -5.83. The third kappa shape index (κ3) is 4.53. The monoisotopic (exact) mass is 541 g/mol. The first-order chi connectivity index (χ1) is 16.5. The Bertz CT molecular complexity index is 1340. The van der Waals surface area contributed by atoms with Gasteiger partial charge in [-0.3, -0.25) is 14.2 Å². The van der Waals surface area contributed by atoms with Gasteiger partial charge in [0.2, 0.25) is 0 Å². The van der Waals surface area contributed by atoms with Crippen molar-refractivity contribution in [2.75, 3.05) is 0 Å². The number of amides is 1. The van der Waals surface area contributed by atoms with Gasteiger partial charge in [-0.1, -0.05) is 17.7 Å². The van der Waals surface area contributed by atoms with Gasteiger partial charge in [-0.15, -0.1) is 0 Å². The van der Waals surface area contributed by atoms with E-state index >= 15 is 0 Å². The second-order valence-corrected chi connectivity index (χ2v) is 8.65. The van der Waals surface area contributed by atoms with Crippen LogP contribution in [-0.4, -0.2) is 37.7 Å². The zero-order chi connectivity index (χ0) is 26.8. The molecule has 0 saturated heterocycles. The maximum Gasteiger partial charge on any atom is 0.459 e. The topological polar surface area (TPSA) is 64.7 Å². The number of aryl methyl sites for hydroxylation is 2. The van der Waals surface area contributed by atoms with E-state index in [-0.39, 0.29) is 27.9 Å². The summed E-state index contributed by atoms with van der Waals surface area (Å²) in [6.45, 7) is 0. The van der Waals surface area contributed by atoms with E-state index in [1.54, 1.807) is 0 Å². The molecule has 1 N–H and O–H groups in total. The molecule has 0 spiro atoms. The first kappa shape index (κ1) is 25.9. The number of aromatic nitrogens is 4. The lowest BCUT2D eigenvalue weighted by molar-refractivity contribution is -0.292. The summed E-state index contributed by atoms with van der Waals surface area (Å²) in [6.07, 6.45) is -10.3. The predicted molar refractivity (Wildman–Crippen MR) is 111 cm³/mol. The van der Waals surface area contributed by atoms with E-state index < -0.39 is 46.8 Å². The highest BCUT2D eigenvalue weighted by Gasteiger charge is 2.64. The highest BCUT2D eigenvalue weighted by Crippen LogP contribution is 2.50. The molecule has 36 heavy (non-hydrogen) atoms. The standard InChI is InChI=1S/C21H16ClF8N5O/c1-34-14(16-15(20(25,26)27)17(33-35(16)2)19(23,24)21(28,29)30)8-13(32-34)9-3-6-12(22)11(7-9)18(36)31-10-4-5-10/h3,6-8,10H,4-5H2,1-2H3,(H,31,36). The average molecular weight is 542 g/mol. The number of hydrogen-bond acceptors (Lipinski definition) is 3. The van der Waals surface area contributed by atoms with E-state index in [1.165, 1.54) is 25.2 Å². The highest BCUT2D eigenvalue weighted by molar-refractivity contribution is 6.34. The second-order valence-electron chi connectivity index (χ2n) is 8.25. The van der Waals surface area contributed by atoms with Crippen molar-refractivity contribution >= 4 is 17.5 Å². The van der Waals surface area contributed by atoms with Gasteiger partial charge in [-0.2, -0.15) is 45.3 Å². The maximum absolute atomic E-state index is 14.0. The van der Waals surface area contributed by atoms with Crippen LogP contribution in [0.15, 0.2) is 24.3 Å². The molecule has 2 aromatic heterocycles. The van der Waals surface area contributed by atoms with Crippen molar-refractivity contribution in [2.24, 2.45) is 14.1 Å². The molecule has 0 unspecified atom stereocenters. The van der Waals surface area contributed by atoms with Crippen LogP contribution in [0.4, 0.5) is 35.1 Å². The minimum absolute atomic E-state index is 0.0168. The number of rotatable bonds is 5. The lowest BCUT2D eigenvalue weighted by atomic mass is 10.0. The van der Waals surface area contributed by atoms with Gasteiger partial charge in [-0.05, 0) is 31.0 Å². The lowest BCUT2D eigenvalue weighted by Crippen LogP contribution is -2.36. The Morgan fingerprint density at radius 3 is 2.19 bits per heavy atom. The largest absolute Gasteiger partial charge is 0.459 e. The Morgan fingerprint density at radius 2 is 1.64 bits per heavy atom. The molecule has 0 bridgehead atoms. The minimum atomic E-state index is -6.31. The Kier molecular flexibility index (Phi) is 6.09. The SMILES string of the molecule is Cn1nc(-c2ccc(Cl)c(C(=O)NC3CC3)c2)cc1-c1c(C(F)(F)F)c(C(F)(F)C(F)(F)F)nn1C. The number of alkyl halides is 8. The predicted octanol–water partition coefficient (Wildman–Crippen LogP) is 5.71. The number of nitrogens with zero attached hydrogens (tertiary/aromatic N) is 4. The number of benzene rings is 1. The van der Waals surface area contributed by atoms with E-state index in [2.05, 4.69) is 15.5 Å². The van der Waals surface area contributed by atoms with Crippen molar-refractivity contribution in [2.45, 2.75) is 37.2 Å². The van der Waals surface area contributed by atoms with Crippen LogP contribution in [0, 0.1) is 0 Å². The van der Waals surface area contributed by atoms with Gasteiger partial charge in [0.15, 0.2) is 5.69 Å². The number of nitrogens with one attached hydrogen (secondary N) is 1. The second kappa shape index (κ2) is 8.46. The van der Waals surface area contributed by atoms with E-state index in [0.717, 1.165) is 30.6 Å². The molecule has 0 radical (unpaired) electrons. The molecule has 6 nitrogen and oxygen atoms in total. The molecule has 2 heterocycles. The Morgan fingerprint density at radius 1 is 1.00 bits per heavy atom. The van der Waals surface area contributed by atoms with Crippen LogP contribution in [0.2, 0.25) is 5.02 Å². The third-order valence-corrected chi connectivity index (χ3v) is 5.86. The number of halogens is 9. The van der Waals surface area contributed by atoms with Crippen molar-refractivity contribution in [3.63, 3.8) is 0 Å². The normalized spacial score (nSPS) is 14.9. The van der Waals surface area contributed by atoms with Gasteiger partial charge in [0.1, 0.15) is 5.56 Å². The fourth-order valence-corrected chi connectivity index (χ4v) is 3.82. The van der Waals surface area contributed by atoms with Crippen molar-refractivity contribution in [1.82, 2.24) is 24.9 Å². The fourth-order valence-electron chi connectivity index (χ4n) is 3.62. The number of carbonyl (C=O) groups excluding carboxylic acids is 1.